The van der Waals surface area contributed by atoms with E-state index in [1.54, 1.807) is 7.05 Å². The Morgan fingerprint density at radius 3 is 2.41 bits per heavy atom. The average Bonchev–Trinajstić information content (AvgIpc) is 3.20. The number of aromatic nitrogens is 2. The summed E-state index contributed by atoms with van der Waals surface area (Å²) in [6, 6.07) is 18.2. The fourth-order valence-electron chi connectivity index (χ4n) is 2.83. The Labute approximate surface area is 167 Å². The second-order valence-corrected chi connectivity index (χ2v) is 8.00. The number of rotatable bonds is 3. The van der Waals surface area contributed by atoms with E-state index in [4.69, 9.17) is 17.3 Å². The lowest BCUT2D eigenvalue weighted by Gasteiger charge is -2.03. The number of benzene rings is 2. The van der Waals surface area contributed by atoms with E-state index in [9.17, 15) is 4.79 Å². The highest BCUT2D eigenvalue weighted by Crippen LogP contribution is 2.34. The largest absolute Gasteiger partial charge is 0.296 e. The van der Waals surface area contributed by atoms with Gasteiger partial charge in [-0.1, -0.05) is 72.0 Å². The summed E-state index contributed by atoms with van der Waals surface area (Å²) in [5.41, 5.74) is 4.88. The third-order valence-electron chi connectivity index (χ3n) is 4.36. The summed E-state index contributed by atoms with van der Waals surface area (Å²) in [7, 11) is 1.70. The van der Waals surface area contributed by atoms with Crippen LogP contribution in [0.15, 0.2) is 65.7 Å². The fraction of sp³-hybridized carbons (Fsp3) is 0.0952. The van der Waals surface area contributed by atoms with Crippen molar-refractivity contribution in [3.63, 3.8) is 0 Å². The summed E-state index contributed by atoms with van der Waals surface area (Å²) in [6.07, 6.45) is 3.83. The Balaban J connectivity index is 1.84. The fourth-order valence-corrected chi connectivity index (χ4v) is 4.00. The van der Waals surface area contributed by atoms with Crippen molar-refractivity contribution in [2.45, 2.75) is 6.92 Å². The number of thioether (sulfide) groups is 1. The number of thiocarbonyl (C=S) groups is 1. The van der Waals surface area contributed by atoms with E-state index >= 15 is 0 Å². The van der Waals surface area contributed by atoms with Crippen LogP contribution in [0.25, 0.3) is 23.0 Å². The van der Waals surface area contributed by atoms with Crippen LogP contribution in [0.4, 0.5) is 0 Å². The molecule has 0 N–H and O–H groups in total. The predicted octanol–water partition coefficient (Wildman–Crippen LogP) is 4.68. The normalized spacial score (nSPS) is 15.8. The molecule has 0 saturated carbocycles. The van der Waals surface area contributed by atoms with E-state index in [0.717, 1.165) is 22.5 Å². The average molecular weight is 392 g/mol. The van der Waals surface area contributed by atoms with Gasteiger partial charge in [0.05, 0.1) is 16.3 Å². The van der Waals surface area contributed by atoms with Crippen molar-refractivity contribution in [3.8, 4) is 16.9 Å². The minimum absolute atomic E-state index is 0.0766. The molecule has 1 aliphatic heterocycles. The molecule has 1 fully saturated rings. The first kappa shape index (κ1) is 17.7. The van der Waals surface area contributed by atoms with E-state index in [1.165, 1.54) is 22.2 Å². The highest BCUT2D eigenvalue weighted by Gasteiger charge is 2.29. The summed E-state index contributed by atoms with van der Waals surface area (Å²) >= 11 is 6.56. The number of hydrogen-bond acceptors (Lipinski definition) is 4. The van der Waals surface area contributed by atoms with Crippen molar-refractivity contribution in [1.82, 2.24) is 14.7 Å². The SMILES string of the molecule is Cc1ccc(-c2nn(-c3ccccc3)cc2/C=C2/SC(=S)N(C)C2=O)cc1. The van der Waals surface area contributed by atoms with Crippen molar-refractivity contribution < 1.29 is 4.79 Å². The molecule has 4 nitrogen and oxygen atoms in total. The van der Waals surface area contributed by atoms with E-state index in [2.05, 4.69) is 31.2 Å². The molecule has 0 radical (unpaired) electrons. The van der Waals surface area contributed by atoms with Crippen molar-refractivity contribution in [2.75, 3.05) is 7.05 Å². The monoisotopic (exact) mass is 391 g/mol. The Bertz CT molecular complexity index is 1050. The van der Waals surface area contributed by atoms with Gasteiger partial charge < -0.3 is 0 Å². The molecule has 0 atom stereocenters. The van der Waals surface area contributed by atoms with E-state index in [1.807, 2.05) is 47.3 Å². The van der Waals surface area contributed by atoms with Crippen molar-refractivity contribution in [2.24, 2.45) is 0 Å². The number of likely N-dealkylation sites (N-methyl/N-ethyl adjacent to an activating group) is 1. The van der Waals surface area contributed by atoms with Gasteiger partial charge in [-0.3, -0.25) is 9.69 Å². The molecule has 0 aliphatic carbocycles. The van der Waals surface area contributed by atoms with Gasteiger partial charge in [0.2, 0.25) is 0 Å². The number of para-hydroxylation sites is 1. The van der Waals surface area contributed by atoms with E-state index in [0.29, 0.717) is 9.23 Å². The number of nitrogens with zero attached hydrogens (tertiary/aromatic N) is 3. The summed E-state index contributed by atoms with van der Waals surface area (Å²) in [4.78, 5) is 14.5. The maximum Gasteiger partial charge on any atom is 0.265 e. The van der Waals surface area contributed by atoms with Crippen molar-refractivity contribution >= 4 is 40.3 Å². The first-order valence-corrected chi connectivity index (χ1v) is 9.69. The third kappa shape index (κ3) is 3.46. The molecule has 0 unspecified atom stereocenters. The van der Waals surface area contributed by atoms with Gasteiger partial charge in [0.15, 0.2) is 0 Å². The zero-order valence-electron chi connectivity index (χ0n) is 14.9. The number of amides is 1. The molecular formula is C21H17N3OS2. The maximum atomic E-state index is 12.4. The lowest BCUT2D eigenvalue weighted by molar-refractivity contribution is -0.121. The molecule has 2 aromatic carbocycles. The number of hydrogen-bond donors (Lipinski definition) is 0. The van der Waals surface area contributed by atoms with Gasteiger partial charge in [-0.2, -0.15) is 5.10 Å². The molecule has 134 valence electrons. The smallest absolute Gasteiger partial charge is 0.265 e. The molecule has 4 rings (SSSR count). The molecule has 1 amide bonds. The summed E-state index contributed by atoms with van der Waals surface area (Å²) in [5.74, 6) is -0.0766. The van der Waals surface area contributed by atoms with Gasteiger partial charge in [0.25, 0.3) is 5.91 Å². The van der Waals surface area contributed by atoms with Crippen LogP contribution in [0.5, 0.6) is 0 Å². The molecule has 6 heteroatoms. The molecule has 0 spiro atoms. The lowest BCUT2D eigenvalue weighted by atomic mass is 10.1. The Hall–Kier alpha value is -2.70. The maximum absolute atomic E-state index is 12.4. The zero-order chi connectivity index (χ0) is 19.0. The van der Waals surface area contributed by atoms with Crippen LogP contribution in [0.1, 0.15) is 11.1 Å². The molecule has 3 aromatic rings. The van der Waals surface area contributed by atoms with Gasteiger partial charge >= 0.3 is 0 Å². The quantitative estimate of drug-likeness (QED) is 0.480. The topological polar surface area (TPSA) is 38.1 Å². The first-order chi connectivity index (χ1) is 13.0. The van der Waals surface area contributed by atoms with Crippen LogP contribution in [-0.2, 0) is 4.79 Å². The highest BCUT2D eigenvalue weighted by atomic mass is 32.2. The Kier molecular flexibility index (Phi) is 4.68. The molecule has 1 saturated heterocycles. The van der Waals surface area contributed by atoms with Crippen LogP contribution >= 0.6 is 24.0 Å². The zero-order valence-corrected chi connectivity index (χ0v) is 16.6. The van der Waals surface area contributed by atoms with Crippen LogP contribution in [0, 0.1) is 6.92 Å². The van der Waals surface area contributed by atoms with Crippen molar-refractivity contribution in [3.05, 3.63) is 76.8 Å². The Morgan fingerprint density at radius 1 is 1.07 bits per heavy atom. The Morgan fingerprint density at radius 2 is 1.78 bits per heavy atom. The minimum Gasteiger partial charge on any atom is -0.296 e. The van der Waals surface area contributed by atoms with Crippen LogP contribution in [-0.4, -0.2) is 32.0 Å². The second kappa shape index (κ2) is 7.13. The van der Waals surface area contributed by atoms with Gasteiger partial charge in [-0.15, -0.1) is 0 Å². The summed E-state index contributed by atoms with van der Waals surface area (Å²) in [6.45, 7) is 2.06. The second-order valence-electron chi connectivity index (χ2n) is 6.32. The number of carbonyl (C=O) groups is 1. The predicted molar refractivity (Wildman–Crippen MR) is 115 cm³/mol. The van der Waals surface area contributed by atoms with Crippen LogP contribution in [0.3, 0.4) is 0 Å². The standard InChI is InChI=1S/C21H17N3OS2/c1-14-8-10-15(11-9-14)19-16(12-18-20(25)23(2)21(26)27-18)13-24(22-19)17-6-4-3-5-7-17/h3-13H,1-2H3/b18-12+. The van der Waals surface area contributed by atoms with E-state index in [-0.39, 0.29) is 5.91 Å². The molecule has 1 aromatic heterocycles. The summed E-state index contributed by atoms with van der Waals surface area (Å²) in [5, 5.41) is 4.79. The van der Waals surface area contributed by atoms with Gasteiger partial charge in [-0.05, 0) is 25.1 Å². The molecule has 2 heterocycles. The lowest BCUT2D eigenvalue weighted by Crippen LogP contribution is -2.22. The summed E-state index contributed by atoms with van der Waals surface area (Å²) < 4.78 is 2.41. The molecule has 27 heavy (non-hydrogen) atoms. The highest BCUT2D eigenvalue weighted by molar-refractivity contribution is 8.26. The van der Waals surface area contributed by atoms with Crippen LogP contribution in [0.2, 0.25) is 0 Å². The van der Waals surface area contributed by atoms with Gasteiger partial charge in [0, 0.05) is 24.4 Å². The third-order valence-corrected chi connectivity index (χ3v) is 5.85. The number of aryl methyl sites for hydroxylation is 1. The van der Waals surface area contributed by atoms with Crippen molar-refractivity contribution in [1.29, 1.82) is 0 Å². The number of carbonyl (C=O) groups excluding carboxylic acids is 1. The molecular weight excluding hydrogens is 374 g/mol. The minimum atomic E-state index is -0.0766. The molecule has 1 aliphatic rings. The first-order valence-electron chi connectivity index (χ1n) is 8.46. The van der Waals surface area contributed by atoms with Crippen LogP contribution < -0.4 is 0 Å². The van der Waals surface area contributed by atoms with Gasteiger partial charge in [0.1, 0.15) is 4.32 Å². The molecule has 0 bridgehead atoms. The van der Waals surface area contributed by atoms with E-state index < -0.39 is 0 Å². The van der Waals surface area contributed by atoms with Gasteiger partial charge in [-0.25, -0.2) is 4.68 Å².